The van der Waals surface area contributed by atoms with Gasteiger partial charge >= 0.3 is 0 Å². The van der Waals surface area contributed by atoms with Gasteiger partial charge in [-0.2, -0.15) is 5.10 Å². The van der Waals surface area contributed by atoms with Crippen LogP contribution in [-0.2, 0) is 6.54 Å². The number of hydrogen-bond donors (Lipinski definition) is 3. The van der Waals surface area contributed by atoms with E-state index >= 15 is 0 Å². The maximum Gasteiger partial charge on any atom is 0.104 e. The van der Waals surface area contributed by atoms with E-state index in [1.165, 1.54) is 18.4 Å². The topological polar surface area (TPSA) is 64.2 Å². The molecule has 4 rings (SSSR count). The molecule has 1 saturated heterocycles. The Morgan fingerprint density at radius 2 is 2.11 bits per heavy atom. The highest BCUT2D eigenvalue weighted by atomic mass is 16.2. The number of likely N-dealkylation sites (tertiary alicyclic amines) is 1. The molecular formula is C22H24N4O. The first-order valence-electron chi connectivity index (χ1n) is 9.41. The minimum absolute atomic E-state index is 0.0998. The van der Waals surface area contributed by atoms with Crippen LogP contribution in [-0.4, -0.2) is 45.9 Å². The normalized spacial score (nSPS) is 17.4. The molecule has 2 heterocycles. The predicted molar refractivity (Wildman–Crippen MR) is 108 cm³/mol. The van der Waals surface area contributed by atoms with E-state index in [0.29, 0.717) is 6.04 Å². The van der Waals surface area contributed by atoms with E-state index in [2.05, 4.69) is 62.6 Å². The molecule has 0 radical (unpaired) electrons. The lowest BCUT2D eigenvalue weighted by atomic mass is 10.0. The Balaban J connectivity index is 1.36. The number of H-pyrrole nitrogens is 1. The van der Waals surface area contributed by atoms with Gasteiger partial charge in [-0.1, -0.05) is 24.0 Å². The summed E-state index contributed by atoms with van der Waals surface area (Å²) in [5.41, 5.74) is 4.46. The fourth-order valence-corrected chi connectivity index (χ4v) is 3.68. The van der Waals surface area contributed by atoms with Gasteiger partial charge in [0.1, 0.15) is 6.61 Å². The van der Waals surface area contributed by atoms with Crippen molar-refractivity contribution in [3.8, 4) is 11.8 Å². The largest absolute Gasteiger partial charge is 0.384 e. The van der Waals surface area contributed by atoms with Crippen molar-refractivity contribution in [3.05, 3.63) is 59.8 Å². The number of hydrogen-bond acceptors (Lipinski definition) is 4. The van der Waals surface area contributed by atoms with Gasteiger partial charge in [0.05, 0.1) is 11.7 Å². The zero-order chi connectivity index (χ0) is 18.5. The van der Waals surface area contributed by atoms with Crippen LogP contribution in [0.3, 0.4) is 0 Å². The van der Waals surface area contributed by atoms with Crippen molar-refractivity contribution in [2.45, 2.75) is 25.4 Å². The Bertz CT molecular complexity index is 952. The lowest BCUT2D eigenvalue weighted by Gasteiger charge is -2.33. The molecule has 1 aromatic heterocycles. The van der Waals surface area contributed by atoms with Gasteiger partial charge < -0.3 is 10.4 Å². The molecule has 0 amide bonds. The summed E-state index contributed by atoms with van der Waals surface area (Å²) in [5.74, 6) is 5.62. The SMILES string of the molecule is OCC#Cc1ccc(CN2CCCC(Nc3ccc4[nH]ncc4c3)C2)cc1. The van der Waals surface area contributed by atoms with Crippen molar-refractivity contribution in [1.29, 1.82) is 0 Å². The molecule has 0 bridgehead atoms. The number of aliphatic hydroxyl groups is 1. The van der Waals surface area contributed by atoms with Gasteiger partial charge in [0.15, 0.2) is 0 Å². The van der Waals surface area contributed by atoms with Crippen LogP contribution >= 0.6 is 0 Å². The molecule has 1 fully saturated rings. The second kappa shape index (κ2) is 8.26. The Labute approximate surface area is 159 Å². The summed E-state index contributed by atoms with van der Waals surface area (Å²) in [5, 5.41) is 20.7. The van der Waals surface area contributed by atoms with Crippen LogP contribution in [0.2, 0.25) is 0 Å². The highest BCUT2D eigenvalue weighted by Crippen LogP contribution is 2.21. The number of anilines is 1. The summed E-state index contributed by atoms with van der Waals surface area (Å²) in [4.78, 5) is 2.51. The molecule has 2 aromatic carbocycles. The maximum absolute atomic E-state index is 8.78. The Morgan fingerprint density at radius 1 is 1.22 bits per heavy atom. The third kappa shape index (κ3) is 4.48. The number of aliphatic hydroxyl groups excluding tert-OH is 1. The zero-order valence-electron chi connectivity index (χ0n) is 15.3. The van der Waals surface area contributed by atoms with Crippen LogP contribution in [0, 0.1) is 11.8 Å². The molecule has 5 nitrogen and oxygen atoms in total. The first-order chi connectivity index (χ1) is 13.3. The summed E-state index contributed by atoms with van der Waals surface area (Å²) in [6.45, 7) is 3.02. The van der Waals surface area contributed by atoms with Crippen molar-refractivity contribution < 1.29 is 5.11 Å². The summed E-state index contributed by atoms with van der Waals surface area (Å²) in [6, 6.07) is 15.1. The minimum atomic E-state index is -0.0998. The van der Waals surface area contributed by atoms with E-state index < -0.39 is 0 Å². The maximum atomic E-state index is 8.78. The second-order valence-electron chi connectivity index (χ2n) is 7.05. The third-order valence-electron chi connectivity index (χ3n) is 4.99. The number of aromatic amines is 1. The third-order valence-corrected chi connectivity index (χ3v) is 4.99. The fourth-order valence-electron chi connectivity index (χ4n) is 3.68. The Kier molecular flexibility index (Phi) is 5.38. The lowest BCUT2D eigenvalue weighted by Crippen LogP contribution is -2.41. The Morgan fingerprint density at radius 3 is 2.96 bits per heavy atom. The quantitative estimate of drug-likeness (QED) is 0.626. The fraction of sp³-hybridized carbons (Fsp3) is 0.318. The molecule has 5 heteroatoms. The summed E-state index contributed by atoms with van der Waals surface area (Å²) < 4.78 is 0. The zero-order valence-corrected chi connectivity index (χ0v) is 15.3. The van der Waals surface area contributed by atoms with Crippen molar-refractivity contribution in [3.63, 3.8) is 0 Å². The van der Waals surface area contributed by atoms with Crippen molar-refractivity contribution in [2.24, 2.45) is 0 Å². The molecule has 138 valence electrons. The highest BCUT2D eigenvalue weighted by molar-refractivity contribution is 5.81. The number of nitrogens with zero attached hydrogens (tertiary/aromatic N) is 2. The number of rotatable bonds is 4. The first-order valence-corrected chi connectivity index (χ1v) is 9.41. The van der Waals surface area contributed by atoms with Crippen LogP contribution in [0.1, 0.15) is 24.0 Å². The monoisotopic (exact) mass is 360 g/mol. The molecular weight excluding hydrogens is 336 g/mol. The number of aromatic nitrogens is 2. The van der Waals surface area contributed by atoms with E-state index in [0.717, 1.165) is 41.8 Å². The molecule has 1 aliphatic rings. The van der Waals surface area contributed by atoms with Gasteiger partial charge in [-0.25, -0.2) is 0 Å². The van der Waals surface area contributed by atoms with Crippen LogP contribution in [0.4, 0.5) is 5.69 Å². The van der Waals surface area contributed by atoms with Crippen LogP contribution < -0.4 is 5.32 Å². The molecule has 3 N–H and O–H groups in total. The molecule has 0 spiro atoms. The van der Waals surface area contributed by atoms with E-state index in [4.69, 9.17) is 5.11 Å². The van der Waals surface area contributed by atoms with Gasteiger partial charge in [-0.15, -0.1) is 0 Å². The summed E-state index contributed by atoms with van der Waals surface area (Å²) >= 11 is 0. The molecule has 1 atom stereocenters. The smallest absolute Gasteiger partial charge is 0.104 e. The average Bonchev–Trinajstić information content (AvgIpc) is 3.16. The Hall–Kier alpha value is -2.81. The van der Waals surface area contributed by atoms with Gasteiger partial charge in [-0.05, 0) is 55.3 Å². The number of benzene rings is 2. The number of fused-ring (bicyclic) bond motifs is 1. The van der Waals surface area contributed by atoms with Crippen LogP contribution in [0.15, 0.2) is 48.7 Å². The standard InChI is InChI=1S/C22H24N4O/c27-12-2-3-17-5-7-18(8-6-17)15-26-11-1-4-21(16-26)24-20-9-10-22-19(13-20)14-23-25-22/h5-10,13-14,21,24,27H,1,4,11-12,15-16H2,(H,23,25). The second-order valence-corrected chi connectivity index (χ2v) is 7.05. The van der Waals surface area contributed by atoms with Crippen molar-refractivity contribution in [1.82, 2.24) is 15.1 Å². The van der Waals surface area contributed by atoms with E-state index in [1.54, 1.807) is 0 Å². The summed E-state index contributed by atoms with van der Waals surface area (Å²) in [6.07, 6.45) is 4.25. The van der Waals surface area contributed by atoms with Crippen LogP contribution in [0.5, 0.6) is 0 Å². The van der Waals surface area contributed by atoms with E-state index in [9.17, 15) is 0 Å². The molecule has 1 unspecified atom stereocenters. The summed E-state index contributed by atoms with van der Waals surface area (Å²) in [7, 11) is 0. The van der Waals surface area contributed by atoms with Gasteiger partial charge in [-0.3, -0.25) is 10.00 Å². The van der Waals surface area contributed by atoms with Gasteiger partial charge in [0, 0.05) is 35.8 Å². The van der Waals surface area contributed by atoms with Crippen molar-refractivity contribution >= 4 is 16.6 Å². The van der Waals surface area contributed by atoms with Crippen LogP contribution in [0.25, 0.3) is 10.9 Å². The van der Waals surface area contributed by atoms with Gasteiger partial charge in [0.2, 0.25) is 0 Å². The number of piperidine rings is 1. The molecule has 0 aliphatic carbocycles. The first kappa shape index (κ1) is 17.6. The highest BCUT2D eigenvalue weighted by Gasteiger charge is 2.20. The molecule has 27 heavy (non-hydrogen) atoms. The molecule has 3 aromatic rings. The van der Waals surface area contributed by atoms with Crippen molar-refractivity contribution in [2.75, 3.05) is 25.0 Å². The molecule has 1 aliphatic heterocycles. The predicted octanol–water partition coefficient (Wildman–Crippen LogP) is 2.98. The average molecular weight is 360 g/mol. The van der Waals surface area contributed by atoms with E-state index in [1.807, 2.05) is 18.3 Å². The number of nitrogens with one attached hydrogen (secondary N) is 2. The minimum Gasteiger partial charge on any atom is -0.384 e. The molecule has 0 saturated carbocycles. The van der Waals surface area contributed by atoms with E-state index in [-0.39, 0.29) is 6.61 Å². The lowest BCUT2D eigenvalue weighted by molar-refractivity contribution is 0.208. The van der Waals surface area contributed by atoms with Gasteiger partial charge in [0.25, 0.3) is 0 Å².